The van der Waals surface area contributed by atoms with Crippen molar-refractivity contribution in [3.05, 3.63) is 0 Å². The predicted molar refractivity (Wildman–Crippen MR) is 256 cm³/mol. The summed E-state index contributed by atoms with van der Waals surface area (Å²) in [5, 5.41) is 59.8. The number of ether oxygens (including phenoxy) is 6. The zero-order valence-corrected chi connectivity index (χ0v) is 44.5. The molecule has 0 radical (unpaired) electrons. The van der Waals surface area contributed by atoms with Crippen molar-refractivity contribution in [2.45, 2.75) is 224 Å². The zero-order valence-electron chi connectivity index (χ0n) is 42.9. The Kier molecular flexibility index (Phi) is 21.1. The van der Waals surface area contributed by atoms with Crippen molar-refractivity contribution >= 4 is 29.1 Å². The Morgan fingerprint density at radius 3 is 2.08 bits per heavy atom. The standard InChI is InChI=1S/C48H92ClN2O13P/c1-17-36-48(10,58)41(54)33(6)51(37(52)23-21-19-18-20-22-24-65(14,15,16)49)28-29(2)26-46(8,57)43(64-45-39(53)35(50(11)12)25-30(3)60-45)31(4)40(32(5)44(56)62-36)63-38-27-47(9,59-13)42(55)34(7)61-38/h29-36,38-43,45,53-55,57-58H,17-28H2,1-16H3/t29-,30-,31+,32-,33-,34+,35+,36-,38+,39-,40+,41-,42+,43-,45+,46-,47-,48-/m1/s1. The minimum Gasteiger partial charge on any atom is -0.383 e. The van der Waals surface area contributed by atoms with Crippen LogP contribution in [0, 0.1) is 17.8 Å². The minimum atomic E-state index is -2.10. The topological polar surface area (TPSA) is 197 Å². The molecule has 3 aliphatic rings. The van der Waals surface area contributed by atoms with Crippen LogP contribution in [0.3, 0.4) is 0 Å². The molecule has 3 heterocycles. The number of nitrogens with zero attached hydrogens (tertiary/aromatic N) is 2. The summed E-state index contributed by atoms with van der Waals surface area (Å²) in [6.07, 6.45) is -3.67. The van der Waals surface area contributed by atoms with E-state index in [2.05, 4.69) is 20.0 Å². The predicted octanol–water partition coefficient (Wildman–Crippen LogP) is 5.73. The van der Waals surface area contributed by atoms with Crippen molar-refractivity contribution in [3.63, 3.8) is 0 Å². The van der Waals surface area contributed by atoms with E-state index in [0.29, 0.717) is 12.8 Å². The molecule has 3 saturated heterocycles. The average molecular weight is 972 g/mol. The molecule has 5 N–H and O–H groups in total. The van der Waals surface area contributed by atoms with Gasteiger partial charge in [-0.2, -0.15) is 0 Å². The van der Waals surface area contributed by atoms with Crippen LogP contribution in [0.2, 0.25) is 0 Å². The van der Waals surface area contributed by atoms with E-state index in [1.54, 1.807) is 53.4 Å². The van der Waals surface area contributed by atoms with E-state index in [-0.39, 0.29) is 50.3 Å². The molecule has 3 aliphatic heterocycles. The molecule has 0 aromatic rings. The molecule has 0 unspecified atom stereocenters. The van der Waals surface area contributed by atoms with Gasteiger partial charge in [-0.05, 0) is 68.5 Å². The molecule has 65 heavy (non-hydrogen) atoms. The summed E-state index contributed by atoms with van der Waals surface area (Å²) in [4.78, 5) is 32.3. The molecule has 0 aromatic carbocycles. The Bertz CT molecular complexity index is 1510. The number of carbonyl (C=O) groups is 2. The van der Waals surface area contributed by atoms with Gasteiger partial charge in [-0.3, -0.25) is 4.79 Å². The number of rotatable bonds is 15. The third-order valence-corrected chi connectivity index (χ3v) is 16.9. The first-order valence-corrected chi connectivity index (χ1v) is 29.0. The number of hydrogen-bond donors (Lipinski definition) is 5. The first-order chi connectivity index (χ1) is 29.8. The molecule has 384 valence electrons. The molecule has 1 amide bonds. The molecular formula is C48H92ClN2O13P. The molecule has 17 heteroatoms. The van der Waals surface area contributed by atoms with Gasteiger partial charge >= 0.3 is 159 Å². The molecule has 15 nitrogen and oxygen atoms in total. The summed E-state index contributed by atoms with van der Waals surface area (Å²) < 4.78 is 38.0. The van der Waals surface area contributed by atoms with Gasteiger partial charge in [-0.15, -0.1) is 0 Å². The fourth-order valence-corrected chi connectivity index (χ4v) is 12.1. The van der Waals surface area contributed by atoms with E-state index < -0.39 is 108 Å². The van der Waals surface area contributed by atoms with Crippen molar-refractivity contribution < 1.29 is 63.5 Å². The number of methoxy groups -OCH3 is 1. The minimum absolute atomic E-state index is 0.0759. The molecular weight excluding hydrogens is 879 g/mol. The maximum absolute atomic E-state index is 14.5. The summed E-state index contributed by atoms with van der Waals surface area (Å²) >= 11 is 6.76. The third kappa shape index (κ3) is 15.9. The van der Waals surface area contributed by atoms with Crippen LogP contribution in [0.4, 0.5) is 0 Å². The van der Waals surface area contributed by atoms with Crippen LogP contribution in [0.25, 0.3) is 0 Å². The summed E-state index contributed by atoms with van der Waals surface area (Å²) in [5.41, 5.74) is -4.76. The van der Waals surface area contributed by atoms with Gasteiger partial charge in [-0.25, -0.2) is 0 Å². The first kappa shape index (κ1) is 58.5. The summed E-state index contributed by atoms with van der Waals surface area (Å²) in [6.45, 7) is 23.8. The second kappa shape index (κ2) is 23.4. The van der Waals surface area contributed by atoms with E-state index in [9.17, 15) is 35.1 Å². The van der Waals surface area contributed by atoms with Crippen molar-refractivity contribution in [3.8, 4) is 0 Å². The van der Waals surface area contributed by atoms with Crippen LogP contribution in [0.1, 0.15) is 133 Å². The molecule has 0 aromatic heterocycles. The summed E-state index contributed by atoms with van der Waals surface area (Å²) in [5.74, 6) is -5.36. The first-order valence-electron chi connectivity index (χ1n) is 24.3. The van der Waals surface area contributed by atoms with E-state index in [4.69, 9.17) is 39.7 Å². The van der Waals surface area contributed by atoms with Crippen LogP contribution in [-0.2, 0) is 38.0 Å². The molecule has 0 aliphatic carbocycles. The fraction of sp³-hybridized carbons (Fsp3) is 0.958. The van der Waals surface area contributed by atoms with Crippen LogP contribution in [0.15, 0.2) is 0 Å². The smallest absolute Gasteiger partial charge is 0.383 e. The van der Waals surface area contributed by atoms with Gasteiger partial charge in [0.2, 0.25) is 0 Å². The van der Waals surface area contributed by atoms with Crippen molar-refractivity contribution in [1.29, 1.82) is 0 Å². The number of aliphatic hydroxyl groups is 5. The Balaban J connectivity index is 2.11. The SMILES string of the molecule is CC[C@H]1OC(=O)[C@H](C)[C@@H](O[C@H]2C[C@@](C)(OC)[C@@H](O)[C@H](C)O2)[C@H](C)[C@@H](O[C@@H]2O[C@H](C)C[C@H](N(C)C)[C@H]2O)[C@](C)(O)C[C@@H](C)CN(C(=O)CCCCCCCP(C)(C)(C)Cl)[C@H](C)[C@@H](O)[C@]1(C)O. The number of halogens is 1. The van der Waals surface area contributed by atoms with Gasteiger partial charge in [0, 0.05) is 25.5 Å². The number of unbranched alkanes of at least 4 members (excludes halogenated alkanes) is 4. The number of likely N-dealkylation sites (N-methyl/N-ethyl adjacent to an activating group) is 1. The summed E-state index contributed by atoms with van der Waals surface area (Å²) in [6, 6.07) is -1.24. The van der Waals surface area contributed by atoms with E-state index in [0.717, 1.165) is 31.8 Å². The Labute approximate surface area is 396 Å². The maximum atomic E-state index is 14.5. The molecule has 0 saturated carbocycles. The molecule has 3 fully saturated rings. The summed E-state index contributed by atoms with van der Waals surface area (Å²) in [7, 11) is 5.24. The third-order valence-electron chi connectivity index (χ3n) is 14.5. The quantitative estimate of drug-likeness (QED) is 0.0758. The van der Waals surface area contributed by atoms with E-state index in [1.807, 2.05) is 32.8 Å². The van der Waals surface area contributed by atoms with Gasteiger partial charge in [-0.1, -0.05) is 13.8 Å². The van der Waals surface area contributed by atoms with Crippen molar-refractivity contribution in [1.82, 2.24) is 9.80 Å². The van der Waals surface area contributed by atoms with Crippen molar-refractivity contribution in [2.24, 2.45) is 17.8 Å². The number of amides is 1. The van der Waals surface area contributed by atoms with E-state index in [1.165, 1.54) is 14.0 Å². The van der Waals surface area contributed by atoms with Gasteiger partial charge in [0.15, 0.2) is 12.6 Å². The Hall–Kier alpha value is -0.780. The number of carbonyl (C=O) groups excluding carboxylic acids is 2. The van der Waals surface area contributed by atoms with Crippen LogP contribution < -0.4 is 0 Å². The van der Waals surface area contributed by atoms with Crippen LogP contribution >= 0.6 is 17.2 Å². The van der Waals surface area contributed by atoms with Gasteiger partial charge in [0.25, 0.3) is 0 Å². The number of aliphatic hydroxyl groups excluding tert-OH is 3. The fourth-order valence-electron chi connectivity index (χ4n) is 10.4. The zero-order chi connectivity index (χ0) is 49.6. The molecule has 0 spiro atoms. The van der Waals surface area contributed by atoms with Crippen LogP contribution in [-0.4, -0.2) is 191 Å². The number of esters is 1. The van der Waals surface area contributed by atoms with E-state index >= 15 is 0 Å². The van der Waals surface area contributed by atoms with Gasteiger partial charge < -0.3 is 53.7 Å². The van der Waals surface area contributed by atoms with Gasteiger partial charge in [0.05, 0.1) is 41.5 Å². The monoisotopic (exact) mass is 971 g/mol. The Morgan fingerprint density at radius 1 is 0.908 bits per heavy atom. The number of cyclic esters (lactones) is 1. The molecule has 0 bridgehead atoms. The van der Waals surface area contributed by atoms with Gasteiger partial charge in [0.1, 0.15) is 18.3 Å². The number of hydrogen-bond acceptors (Lipinski definition) is 14. The second-order valence-electron chi connectivity index (χ2n) is 22.4. The molecule has 18 atom stereocenters. The molecule has 3 rings (SSSR count). The normalized spacial score (nSPS) is 42.7. The average Bonchev–Trinajstić information content (AvgIpc) is 3.19. The Morgan fingerprint density at radius 2 is 1.51 bits per heavy atom. The van der Waals surface area contributed by atoms with Crippen molar-refractivity contribution in [2.75, 3.05) is 53.9 Å². The van der Waals surface area contributed by atoms with Crippen LogP contribution in [0.5, 0.6) is 0 Å². The second-order valence-corrected chi connectivity index (χ2v) is 32.5.